The Balaban J connectivity index is 1.45. The van der Waals surface area contributed by atoms with Gasteiger partial charge in [-0.1, -0.05) is 62.9 Å². The number of halogens is 6. The summed E-state index contributed by atoms with van der Waals surface area (Å²) < 4.78 is 40.7. The van der Waals surface area contributed by atoms with Crippen molar-refractivity contribution in [3.63, 3.8) is 0 Å². The highest BCUT2D eigenvalue weighted by Crippen LogP contribution is 2.65. The van der Waals surface area contributed by atoms with Gasteiger partial charge in [0.15, 0.2) is 5.82 Å². The third-order valence-electron chi connectivity index (χ3n) is 10.3. The highest BCUT2D eigenvalue weighted by Gasteiger charge is 2.70. The third kappa shape index (κ3) is 4.98. The number of hydrogen-bond acceptors (Lipinski definition) is 7. The molecule has 3 fully saturated rings. The maximum Gasteiger partial charge on any atom is 0.417 e. The molecule has 3 aromatic rings. The molecule has 254 valence electrons. The molecular weight excluding hydrogens is 752 g/mol. The van der Waals surface area contributed by atoms with Crippen LogP contribution in [0.5, 0.6) is 5.75 Å². The number of nitrogens with zero attached hydrogens (tertiary/aromatic N) is 3. The number of carbonyl (C=O) groups is 4. The fourth-order valence-corrected chi connectivity index (χ4v) is 8.97. The van der Waals surface area contributed by atoms with Gasteiger partial charge in [0.05, 0.1) is 33.8 Å². The SMILES string of the molecule is CCN1C(=O)C2CC=C3C(CC4C(=O)N(Nc5ncc(C(F)(F)F)cc5Cl)C(=O)C4(c4ccc(Cl)cc4)C3c3cc(Br)ccc3O)C2C1=O. The van der Waals surface area contributed by atoms with E-state index in [1.807, 2.05) is 6.08 Å². The van der Waals surface area contributed by atoms with Crippen LogP contribution in [-0.2, 0) is 30.8 Å². The number of allylic oxidation sites excluding steroid dienone is 2. The predicted molar refractivity (Wildman–Crippen MR) is 175 cm³/mol. The Hall–Kier alpha value is -3.94. The molecule has 1 aromatic heterocycles. The van der Waals surface area contributed by atoms with Crippen LogP contribution in [0.4, 0.5) is 19.0 Å². The number of anilines is 1. The minimum atomic E-state index is -4.74. The third-order valence-corrected chi connectivity index (χ3v) is 11.3. The van der Waals surface area contributed by atoms with Crippen LogP contribution < -0.4 is 5.43 Å². The first-order chi connectivity index (χ1) is 23.2. The number of phenolic OH excluding ortho intramolecular Hbond substituents is 1. The molecule has 15 heteroatoms. The number of benzene rings is 2. The number of nitrogens with one attached hydrogen (secondary N) is 1. The van der Waals surface area contributed by atoms with Gasteiger partial charge in [-0.3, -0.25) is 29.5 Å². The number of hydrogen-bond donors (Lipinski definition) is 2. The van der Waals surface area contributed by atoms with Crippen LogP contribution in [0.3, 0.4) is 0 Å². The summed E-state index contributed by atoms with van der Waals surface area (Å²) in [6, 6.07) is 11.7. The van der Waals surface area contributed by atoms with Crippen LogP contribution in [-0.4, -0.2) is 50.2 Å². The summed E-state index contributed by atoms with van der Waals surface area (Å²) in [5.41, 5.74) is 1.000. The maximum atomic E-state index is 15.1. The van der Waals surface area contributed by atoms with Crippen molar-refractivity contribution in [1.29, 1.82) is 0 Å². The molecule has 6 unspecified atom stereocenters. The number of imide groups is 2. The average Bonchev–Trinajstić information content (AvgIpc) is 3.43. The molecule has 0 radical (unpaired) electrons. The molecule has 4 aliphatic rings. The highest BCUT2D eigenvalue weighted by atomic mass is 79.9. The van der Waals surface area contributed by atoms with E-state index in [9.17, 15) is 32.7 Å². The number of fused-ring (bicyclic) bond motifs is 4. The number of aromatic hydroxyl groups is 1. The predicted octanol–water partition coefficient (Wildman–Crippen LogP) is 6.88. The topological polar surface area (TPSA) is 120 Å². The number of amides is 4. The van der Waals surface area contributed by atoms with E-state index in [-0.39, 0.29) is 42.8 Å². The van der Waals surface area contributed by atoms with Gasteiger partial charge in [0, 0.05) is 33.7 Å². The summed E-state index contributed by atoms with van der Waals surface area (Å²) >= 11 is 15.9. The Morgan fingerprint density at radius 2 is 1.73 bits per heavy atom. The molecule has 2 aromatic carbocycles. The van der Waals surface area contributed by atoms with E-state index in [4.69, 9.17) is 23.2 Å². The number of pyridine rings is 1. The van der Waals surface area contributed by atoms with Crippen LogP contribution in [0.25, 0.3) is 0 Å². The zero-order valence-electron chi connectivity index (χ0n) is 25.5. The lowest BCUT2D eigenvalue weighted by Gasteiger charge is -2.50. The Morgan fingerprint density at radius 1 is 1.02 bits per heavy atom. The fourth-order valence-electron chi connectivity index (χ4n) is 8.26. The second kappa shape index (κ2) is 11.8. The minimum Gasteiger partial charge on any atom is -0.508 e. The van der Waals surface area contributed by atoms with E-state index in [0.29, 0.717) is 43.5 Å². The Kier molecular flexibility index (Phi) is 8.11. The standard InChI is InChI=1S/C34H26BrCl2F3N4O5/c1-2-43-29(46)20-9-8-19-21(26(20)31(43)48)13-23-30(47)44(42-28-24(37)11-16(14-41-28)34(38,39)40)32(49)33(23,15-3-6-18(36)7-4-15)27(19)22-12-17(35)5-10-25(22)45/h3-8,10-12,14,20-21,23,26-27,45H,2,9,13H2,1H3,(H,41,42). The molecule has 2 aliphatic carbocycles. The van der Waals surface area contributed by atoms with Gasteiger partial charge in [-0.2, -0.15) is 18.2 Å². The summed E-state index contributed by atoms with van der Waals surface area (Å²) in [6.07, 6.45) is -2.17. The molecule has 0 bridgehead atoms. The molecule has 2 saturated heterocycles. The van der Waals surface area contributed by atoms with Gasteiger partial charge in [-0.15, -0.1) is 0 Å². The van der Waals surface area contributed by atoms with E-state index >= 15 is 4.79 Å². The Bertz CT molecular complexity index is 1980. The molecule has 0 spiro atoms. The number of likely N-dealkylation sites (tertiary alicyclic amines) is 1. The van der Waals surface area contributed by atoms with Crippen molar-refractivity contribution in [2.45, 2.75) is 37.3 Å². The summed E-state index contributed by atoms with van der Waals surface area (Å²) in [4.78, 5) is 61.8. The Morgan fingerprint density at radius 3 is 2.39 bits per heavy atom. The minimum absolute atomic E-state index is 0.0195. The second-order valence-corrected chi connectivity index (χ2v) is 14.3. The summed E-state index contributed by atoms with van der Waals surface area (Å²) in [5.74, 6) is -7.06. The van der Waals surface area contributed by atoms with Gasteiger partial charge in [0.25, 0.3) is 11.8 Å². The quantitative estimate of drug-likeness (QED) is 0.214. The molecule has 3 heterocycles. The number of aromatic nitrogens is 1. The van der Waals surface area contributed by atoms with E-state index in [1.165, 1.54) is 11.0 Å². The summed E-state index contributed by atoms with van der Waals surface area (Å²) in [6.45, 7) is 1.88. The van der Waals surface area contributed by atoms with Crippen LogP contribution >= 0.6 is 39.1 Å². The van der Waals surface area contributed by atoms with E-state index < -0.39 is 63.6 Å². The molecule has 6 atom stereocenters. The first-order valence-electron chi connectivity index (χ1n) is 15.4. The van der Waals surface area contributed by atoms with Gasteiger partial charge in [0.1, 0.15) is 5.75 Å². The summed E-state index contributed by atoms with van der Waals surface area (Å²) in [5, 5.41) is 12.0. The van der Waals surface area contributed by atoms with E-state index in [0.717, 1.165) is 0 Å². The van der Waals surface area contributed by atoms with Crippen LogP contribution in [0.1, 0.15) is 42.4 Å². The lowest BCUT2D eigenvalue weighted by molar-refractivity contribution is -0.141. The van der Waals surface area contributed by atoms with Crippen LogP contribution in [0.15, 0.2) is 70.8 Å². The van der Waals surface area contributed by atoms with Crippen molar-refractivity contribution in [2.75, 3.05) is 12.0 Å². The van der Waals surface area contributed by atoms with Crippen LogP contribution in [0, 0.1) is 23.7 Å². The number of hydrazine groups is 1. The monoisotopic (exact) mass is 776 g/mol. The molecule has 1 saturated carbocycles. The first-order valence-corrected chi connectivity index (χ1v) is 16.9. The Labute approximate surface area is 296 Å². The van der Waals surface area contributed by atoms with Crippen LogP contribution in [0.2, 0.25) is 10.0 Å². The van der Waals surface area contributed by atoms with Crippen molar-refractivity contribution in [1.82, 2.24) is 14.9 Å². The van der Waals surface area contributed by atoms with Crippen molar-refractivity contribution in [3.8, 4) is 5.75 Å². The number of phenols is 1. The normalized spacial score (nSPS) is 28.0. The number of alkyl halides is 3. The van der Waals surface area contributed by atoms with Gasteiger partial charge in [0.2, 0.25) is 11.8 Å². The fraction of sp³-hybridized carbons (Fsp3) is 0.324. The molecule has 4 amide bonds. The molecular formula is C34H26BrCl2F3N4O5. The molecule has 49 heavy (non-hydrogen) atoms. The van der Waals surface area contributed by atoms with E-state index in [1.54, 1.807) is 43.3 Å². The molecule has 9 nitrogen and oxygen atoms in total. The van der Waals surface area contributed by atoms with Crippen molar-refractivity contribution >= 4 is 68.6 Å². The van der Waals surface area contributed by atoms with Gasteiger partial charge >= 0.3 is 6.18 Å². The molecule has 2 aliphatic heterocycles. The zero-order chi connectivity index (χ0) is 35.2. The lowest BCUT2D eigenvalue weighted by atomic mass is 9.49. The maximum absolute atomic E-state index is 15.1. The number of carbonyl (C=O) groups excluding carboxylic acids is 4. The molecule has 2 N–H and O–H groups in total. The van der Waals surface area contributed by atoms with Gasteiger partial charge in [-0.25, -0.2) is 4.98 Å². The van der Waals surface area contributed by atoms with Crippen molar-refractivity contribution < 1.29 is 37.5 Å². The largest absolute Gasteiger partial charge is 0.508 e. The highest BCUT2D eigenvalue weighted by molar-refractivity contribution is 9.10. The molecule has 7 rings (SSSR count). The summed E-state index contributed by atoms with van der Waals surface area (Å²) in [7, 11) is 0. The van der Waals surface area contributed by atoms with Gasteiger partial charge < -0.3 is 5.11 Å². The zero-order valence-corrected chi connectivity index (χ0v) is 28.6. The number of rotatable bonds is 5. The second-order valence-electron chi connectivity index (χ2n) is 12.5. The van der Waals surface area contributed by atoms with Gasteiger partial charge in [-0.05, 0) is 67.6 Å². The first kappa shape index (κ1) is 33.6. The van der Waals surface area contributed by atoms with Crippen molar-refractivity contribution in [3.05, 3.63) is 97.6 Å². The lowest BCUT2D eigenvalue weighted by Crippen LogP contribution is -2.53. The van der Waals surface area contributed by atoms with E-state index in [2.05, 4.69) is 26.3 Å². The average molecular weight is 778 g/mol. The smallest absolute Gasteiger partial charge is 0.417 e. The van der Waals surface area contributed by atoms with Crippen molar-refractivity contribution in [2.24, 2.45) is 23.7 Å².